The third-order valence-corrected chi connectivity index (χ3v) is 3.68. The molecule has 2 aromatic carbocycles. The summed E-state index contributed by atoms with van der Waals surface area (Å²) in [7, 11) is 0. The molecule has 0 heterocycles. The first-order chi connectivity index (χ1) is 7.20. The molecule has 0 atom stereocenters. The van der Waals surface area contributed by atoms with Crippen LogP contribution in [0.2, 0.25) is 10.0 Å². The molecular weight excluding hydrogens is 342 g/mol. The Kier molecular flexibility index (Phi) is 3.54. The molecule has 0 unspecified atom stereocenters. The molecule has 0 aliphatic heterocycles. The molecule has 0 spiro atoms. The lowest BCUT2D eigenvalue weighted by atomic mass is 10.1. The standard InChI is InChI=1S/C12H7Cl2I/c13-9-5-3-6-10(14)12(9)8-4-1-2-7-11(8)15/h1-7H. The molecule has 2 aromatic rings. The number of benzene rings is 2. The Morgan fingerprint density at radius 1 is 0.800 bits per heavy atom. The van der Waals surface area contributed by atoms with Gasteiger partial charge in [0.05, 0.1) is 0 Å². The molecule has 0 radical (unpaired) electrons. The molecule has 2 rings (SSSR count). The normalized spacial score (nSPS) is 10.3. The number of halogens is 3. The zero-order valence-corrected chi connectivity index (χ0v) is 11.3. The highest BCUT2D eigenvalue weighted by molar-refractivity contribution is 14.1. The lowest BCUT2D eigenvalue weighted by Crippen LogP contribution is -1.84. The highest BCUT2D eigenvalue weighted by Crippen LogP contribution is 2.36. The van der Waals surface area contributed by atoms with E-state index in [9.17, 15) is 0 Å². The average Bonchev–Trinajstić information content (AvgIpc) is 2.20. The van der Waals surface area contributed by atoms with Crippen molar-refractivity contribution in [1.82, 2.24) is 0 Å². The van der Waals surface area contributed by atoms with Crippen LogP contribution in [0.3, 0.4) is 0 Å². The SMILES string of the molecule is Clc1cccc(Cl)c1-c1ccccc1I. The minimum absolute atomic E-state index is 0.687. The maximum atomic E-state index is 6.15. The van der Waals surface area contributed by atoms with Gasteiger partial charge in [0, 0.05) is 19.2 Å². The van der Waals surface area contributed by atoms with Gasteiger partial charge in [-0.3, -0.25) is 0 Å². The van der Waals surface area contributed by atoms with Gasteiger partial charge in [0.15, 0.2) is 0 Å². The molecule has 15 heavy (non-hydrogen) atoms. The molecule has 3 heteroatoms. The molecular formula is C12H7Cl2I. The molecule has 0 bridgehead atoms. The van der Waals surface area contributed by atoms with Gasteiger partial charge in [-0.25, -0.2) is 0 Å². The predicted octanol–water partition coefficient (Wildman–Crippen LogP) is 5.27. The van der Waals surface area contributed by atoms with E-state index in [-0.39, 0.29) is 0 Å². The lowest BCUT2D eigenvalue weighted by molar-refractivity contribution is 1.58. The van der Waals surface area contributed by atoms with Crippen LogP contribution in [0.15, 0.2) is 42.5 Å². The second kappa shape index (κ2) is 4.73. The Morgan fingerprint density at radius 2 is 1.40 bits per heavy atom. The van der Waals surface area contributed by atoms with Crippen LogP contribution < -0.4 is 0 Å². The fourth-order valence-electron chi connectivity index (χ4n) is 1.42. The molecule has 0 amide bonds. The van der Waals surface area contributed by atoms with Gasteiger partial charge in [-0.05, 0) is 46.4 Å². The highest BCUT2D eigenvalue weighted by Gasteiger charge is 2.10. The second-order valence-corrected chi connectivity index (χ2v) is 5.05. The number of rotatable bonds is 1. The van der Waals surface area contributed by atoms with Gasteiger partial charge in [-0.15, -0.1) is 0 Å². The third kappa shape index (κ3) is 2.30. The van der Waals surface area contributed by atoms with Crippen molar-refractivity contribution in [2.24, 2.45) is 0 Å². The van der Waals surface area contributed by atoms with E-state index >= 15 is 0 Å². The summed E-state index contributed by atoms with van der Waals surface area (Å²) in [5.41, 5.74) is 1.99. The van der Waals surface area contributed by atoms with Gasteiger partial charge in [0.2, 0.25) is 0 Å². The van der Waals surface area contributed by atoms with Crippen LogP contribution in [0.4, 0.5) is 0 Å². The maximum absolute atomic E-state index is 6.15. The summed E-state index contributed by atoms with van der Waals surface area (Å²) in [4.78, 5) is 0. The quantitative estimate of drug-likeness (QED) is 0.616. The Labute approximate surface area is 112 Å². The van der Waals surface area contributed by atoms with Crippen LogP contribution in [0.5, 0.6) is 0 Å². The summed E-state index contributed by atoms with van der Waals surface area (Å²) in [6.45, 7) is 0. The lowest BCUT2D eigenvalue weighted by Gasteiger charge is -2.08. The monoisotopic (exact) mass is 348 g/mol. The van der Waals surface area contributed by atoms with Crippen LogP contribution in [-0.4, -0.2) is 0 Å². The molecule has 0 fully saturated rings. The fourth-order valence-corrected chi connectivity index (χ4v) is 2.68. The van der Waals surface area contributed by atoms with Crippen molar-refractivity contribution in [3.05, 3.63) is 56.1 Å². The van der Waals surface area contributed by atoms with E-state index in [1.807, 2.05) is 42.5 Å². The van der Waals surface area contributed by atoms with Crippen molar-refractivity contribution in [3.63, 3.8) is 0 Å². The molecule has 76 valence electrons. The molecule has 0 saturated heterocycles. The van der Waals surface area contributed by atoms with Crippen LogP contribution in [0.1, 0.15) is 0 Å². The maximum Gasteiger partial charge on any atom is 0.0499 e. The Morgan fingerprint density at radius 3 is 2.00 bits per heavy atom. The summed E-state index contributed by atoms with van der Waals surface area (Å²) in [6, 6.07) is 13.6. The van der Waals surface area contributed by atoms with Gasteiger partial charge in [0.1, 0.15) is 0 Å². The van der Waals surface area contributed by atoms with Gasteiger partial charge in [0.25, 0.3) is 0 Å². The van der Waals surface area contributed by atoms with Gasteiger partial charge in [-0.1, -0.05) is 47.5 Å². The Balaban J connectivity index is 2.69. The van der Waals surface area contributed by atoms with E-state index in [0.29, 0.717) is 10.0 Å². The van der Waals surface area contributed by atoms with E-state index in [1.165, 1.54) is 0 Å². The van der Waals surface area contributed by atoms with Crippen molar-refractivity contribution >= 4 is 45.8 Å². The summed E-state index contributed by atoms with van der Waals surface area (Å²) >= 11 is 14.6. The number of hydrogen-bond donors (Lipinski definition) is 0. The first-order valence-corrected chi connectivity index (χ1v) is 6.22. The first-order valence-electron chi connectivity index (χ1n) is 4.39. The van der Waals surface area contributed by atoms with Gasteiger partial charge in [-0.2, -0.15) is 0 Å². The zero-order chi connectivity index (χ0) is 10.8. The zero-order valence-electron chi connectivity index (χ0n) is 7.68. The Bertz CT molecular complexity index is 474. The minimum atomic E-state index is 0.687. The van der Waals surface area contributed by atoms with E-state index in [0.717, 1.165) is 14.7 Å². The van der Waals surface area contributed by atoms with Crippen LogP contribution in [-0.2, 0) is 0 Å². The van der Waals surface area contributed by atoms with Crippen molar-refractivity contribution in [2.45, 2.75) is 0 Å². The Hall–Kier alpha value is -0.250. The first kappa shape index (κ1) is 11.2. The van der Waals surface area contributed by atoms with Crippen molar-refractivity contribution in [3.8, 4) is 11.1 Å². The fraction of sp³-hybridized carbons (Fsp3) is 0. The summed E-state index contributed by atoms with van der Waals surface area (Å²) in [6.07, 6.45) is 0. The molecule has 0 nitrogen and oxygen atoms in total. The smallest absolute Gasteiger partial charge is 0.0499 e. The van der Waals surface area contributed by atoms with Crippen molar-refractivity contribution in [1.29, 1.82) is 0 Å². The molecule has 0 N–H and O–H groups in total. The molecule has 0 aromatic heterocycles. The largest absolute Gasteiger partial charge is 0.0836 e. The average molecular weight is 349 g/mol. The van der Waals surface area contributed by atoms with E-state index in [2.05, 4.69) is 22.6 Å². The van der Waals surface area contributed by atoms with E-state index < -0.39 is 0 Å². The highest BCUT2D eigenvalue weighted by atomic mass is 127. The number of hydrogen-bond acceptors (Lipinski definition) is 0. The summed E-state index contributed by atoms with van der Waals surface area (Å²) < 4.78 is 1.14. The van der Waals surface area contributed by atoms with Crippen LogP contribution >= 0.6 is 45.8 Å². The van der Waals surface area contributed by atoms with Crippen molar-refractivity contribution in [2.75, 3.05) is 0 Å². The third-order valence-electron chi connectivity index (χ3n) is 2.11. The van der Waals surface area contributed by atoms with Gasteiger partial charge < -0.3 is 0 Å². The molecule has 0 aliphatic rings. The molecule has 0 aliphatic carbocycles. The van der Waals surface area contributed by atoms with E-state index in [1.54, 1.807) is 0 Å². The minimum Gasteiger partial charge on any atom is -0.0836 e. The van der Waals surface area contributed by atoms with E-state index in [4.69, 9.17) is 23.2 Å². The van der Waals surface area contributed by atoms with Gasteiger partial charge >= 0.3 is 0 Å². The van der Waals surface area contributed by atoms with Crippen LogP contribution in [0, 0.1) is 3.57 Å². The topological polar surface area (TPSA) is 0 Å². The summed E-state index contributed by atoms with van der Waals surface area (Å²) in [5.74, 6) is 0. The predicted molar refractivity (Wildman–Crippen MR) is 74.6 cm³/mol. The van der Waals surface area contributed by atoms with Crippen LogP contribution in [0.25, 0.3) is 11.1 Å². The summed E-state index contributed by atoms with van der Waals surface area (Å²) in [5, 5.41) is 1.37. The molecule has 0 saturated carbocycles. The second-order valence-electron chi connectivity index (χ2n) is 3.08. The van der Waals surface area contributed by atoms with Crippen molar-refractivity contribution < 1.29 is 0 Å².